The SMILES string of the molecule is CN1CC(CN2CCCC2)=CN1c1ccc(C2COC2)nc1.CNC(=O)C(CCC=O)NCc1cc(O)ccc1C(C)OC. The number of pyridine rings is 1. The average Bonchev–Trinajstić information content (AvgIpc) is 3.65. The van der Waals surface area contributed by atoms with Crippen molar-refractivity contribution in [3.8, 4) is 5.75 Å². The Bertz CT molecular complexity index is 1250. The number of aromatic nitrogens is 1. The summed E-state index contributed by atoms with van der Waals surface area (Å²) in [6, 6.07) is 8.93. The third-order valence-electron chi connectivity index (χ3n) is 8.41. The lowest BCUT2D eigenvalue weighted by Gasteiger charge is -2.27. The molecule has 44 heavy (non-hydrogen) atoms. The highest BCUT2D eigenvalue weighted by Crippen LogP contribution is 2.27. The van der Waals surface area contributed by atoms with E-state index in [0.717, 1.165) is 55.1 Å². The molecule has 5 rings (SSSR count). The van der Waals surface area contributed by atoms with Gasteiger partial charge in [0.2, 0.25) is 5.91 Å². The van der Waals surface area contributed by atoms with Crippen molar-refractivity contribution in [1.82, 2.24) is 25.5 Å². The minimum Gasteiger partial charge on any atom is -0.508 e. The van der Waals surface area contributed by atoms with Crippen LogP contribution in [0.3, 0.4) is 0 Å². The van der Waals surface area contributed by atoms with Crippen LogP contribution in [0.5, 0.6) is 5.75 Å². The quantitative estimate of drug-likeness (QED) is 0.293. The summed E-state index contributed by atoms with van der Waals surface area (Å²) in [4.78, 5) is 29.5. The minimum absolute atomic E-state index is 0.120. The number of hydrazine groups is 1. The molecule has 2 aromatic rings. The van der Waals surface area contributed by atoms with Gasteiger partial charge >= 0.3 is 0 Å². The van der Waals surface area contributed by atoms with Crippen LogP contribution in [0.1, 0.15) is 61.4 Å². The number of benzene rings is 1. The highest BCUT2D eigenvalue weighted by atomic mass is 16.5. The van der Waals surface area contributed by atoms with Crippen molar-refractivity contribution >= 4 is 17.9 Å². The molecule has 3 aliphatic heterocycles. The van der Waals surface area contributed by atoms with Gasteiger partial charge in [-0.2, -0.15) is 0 Å². The zero-order valence-corrected chi connectivity index (χ0v) is 26.5. The molecule has 0 spiro atoms. The van der Waals surface area contributed by atoms with Crippen LogP contribution in [0.2, 0.25) is 0 Å². The normalized spacial score (nSPS) is 18.6. The maximum Gasteiger partial charge on any atom is 0.236 e. The topological polar surface area (TPSA) is 120 Å². The van der Waals surface area contributed by atoms with E-state index >= 15 is 0 Å². The number of phenolic OH excluding ortho intramolecular Hbond substituents is 1. The van der Waals surface area contributed by atoms with Crippen molar-refractivity contribution in [2.45, 2.75) is 57.2 Å². The first-order valence-corrected chi connectivity index (χ1v) is 15.5. The Morgan fingerprint density at radius 2 is 2.00 bits per heavy atom. The zero-order valence-electron chi connectivity index (χ0n) is 26.5. The summed E-state index contributed by atoms with van der Waals surface area (Å²) < 4.78 is 10.6. The van der Waals surface area contributed by atoms with Crippen molar-refractivity contribution in [3.05, 3.63) is 65.1 Å². The van der Waals surface area contributed by atoms with Crippen LogP contribution in [0.25, 0.3) is 0 Å². The first-order valence-electron chi connectivity index (χ1n) is 15.5. The van der Waals surface area contributed by atoms with Crippen molar-refractivity contribution in [2.75, 3.05) is 65.6 Å². The van der Waals surface area contributed by atoms with Crippen molar-refractivity contribution in [1.29, 1.82) is 0 Å². The molecule has 0 bridgehead atoms. The molecule has 0 saturated carbocycles. The molecule has 3 aliphatic rings. The number of phenols is 1. The number of likely N-dealkylation sites (tertiary alicyclic amines) is 1. The Labute approximate surface area is 261 Å². The zero-order chi connectivity index (χ0) is 31.5. The summed E-state index contributed by atoms with van der Waals surface area (Å²) in [7, 11) is 5.32. The van der Waals surface area contributed by atoms with Gasteiger partial charge in [-0.3, -0.25) is 19.7 Å². The molecule has 2 atom stereocenters. The molecule has 0 radical (unpaired) electrons. The van der Waals surface area contributed by atoms with Gasteiger partial charge in [-0.25, -0.2) is 5.01 Å². The summed E-state index contributed by atoms with van der Waals surface area (Å²) in [6.45, 7) is 8.56. The third-order valence-corrected chi connectivity index (χ3v) is 8.41. The molecule has 11 nitrogen and oxygen atoms in total. The molecular formula is C33H48N6O5. The molecule has 0 aliphatic carbocycles. The number of hydrogen-bond acceptors (Lipinski definition) is 10. The van der Waals surface area contributed by atoms with E-state index in [0.29, 0.717) is 25.3 Å². The van der Waals surface area contributed by atoms with Crippen LogP contribution in [-0.4, -0.2) is 98.8 Å². The summed E-state index contributed by atoms with van der Waals surface area (Å²) >= 11 is 0. The number of likely N-dealkylation sites (N-methyl/N-ethyl adjacent to an activating group) is 2. The predicted octanol–water partition coefficient (Wildman–Crippen LogP) is 3.12. The highest BCUT2D eigenvalue weighted by Gasteiger charge is 2.25. The Hall–Kier alpha value is -3.35. The van der Waals surface area contributed by atoms with Crippen LogP contribution < -0.4 is 15.6 Å². The van der Waals surface area contributed by atoms with Crippen LogP contribution in [0, 0.1) is 0 Å². The number of carbonyl (C=O) groups is 2. The highest BCUT2D eigenvalue weighted by molar-refractivity contribution is 5.81. The van der Waals surface area contributed by atoms with Gasteiger partial charge in [0.15, 0.2) is 0 Å². The van der Waals surface area contributed by atoms with Gasteiger partial charge in [0, 0.05) is 65.1 Å². The largest absolute Gasteiger partial charge is 0.508 e. The molecule has 2 fully saturated rings. The number of nitrogens with one attached hydrogen (secondary N) is 2. The second-order valence-corrected chi connectivity index (χ2v) is 11.7. The minimum atomic E-state index is -0.455. The monoisotopic (exact) mass is 608 g/mol. The number of methoxy groups -OCH3 is 1. The van der Waals surface area contributed by atoms with Crippen LogP contribution in [0.4, 0.5) is 5.69 Å². The van der Waals surface area contributed by atoms with E-state index in [1.54, 1.807) is 32.4 Å². The van der Waals surface area contributed by atoms with Crippen LogP contribution >= 0.6 is 0 Å². The maximum atomic E-state index is 11.8. The number of rotatable bonds is 13. The Morgan fingerprint density at radius 1 is 1.23 bits per heavy atom. The molecule has 240 valence electrons. The van der Waals surface area contributed by atoms with Gasteiger partial charge in [0.1, 0.15) is 12.0 Å². The molecule has 2 saturated heterocycles. The maximum absolute atomic E-state index is 11.8. The molecule has 1 aromatic carbocycles. The van der Waals surface area contributed by atoms with Crippen LogP contribution in [0.15, 0.2) is 48.3 Å². The number of aromatic hydroxyl groups is 1. The second-order valence-electron chi connectivity index (χ2n) is 11.7. The number of carbonyl (C=O) groups excluding carboxylic acids is 2. The van der Waals surface area contributed by atoms with Gasteiger partial charge in [0.05, 0.1) is 37.2 Å². The van der Waals surface area contributed by atoms with E-state index in [2.05, 4.69) is 55.9 Å². The summed E-state index contributed by atoms with van der Waals surface area (Å²) in [5.41, 5.74) is 5.58. The van der Waals surface area contributed by atoms with E-state index in [9.17, 15) is 14.7 Å². The standard InChI is InChI=1S/C17H24N4O.C16H24N2O4/c1-19-9-14(10-20-6-2-3-7-20)11-21(19)16-4-5-17(18-8-16)15-12-22-13-15;1-11(22-3)14-7-6-13(20)9-12(14)10-18-15(5-4-8-19)16(21)17-2/h4-5,8,11,15H,2-3,6-7,9-10,12-13H2,1H3;6-9,11,15,18,20H,4-5,10H2,1-3H3,(H,17,21). The first-order chi connectivity index (χ1) is 21.3. The number of aldehydes is 1. The second kappa shape index (κ2) is 16.6. The van der Waals surface area contributed by atoms with E-state index in [-0.39, 0.29) is 17.8 Å². The lowest BCUT2D eigenvalue weighted by molar-refractivity contribution is -0.122. The molecule has 1 amide bonds. The number of nitrogens with zero attached hydrogens (tertiary/aromatic N) is 4. The summed E-state index contributed by atoms with van der Waals surface area (Å²) in [5.74, 6) is 0.489. The van der Waals surface area contributed by atoms with Gasteiger partial charge in [-0.05, 0) is 80.2 Å². The van der Waals surface area contributed by atoms with Crippen molar-refractivity contribution < 1.29 is 24.2 Å². The molecular weight excluding hydrogens is 560 g/mol. The van der Waals surface area contributed by atoms with E-state index in [1.165, 1.54) is 31.5 Å². The molecule has 1 aromatic heterocycles. The van der Waals surface area contributed by atoms with Crippen LogP contribution in [-0.2, 0) is 25.6 Å². The Balaban J connectivity index is 0.000000201. The Morgan fingerprint density at radius 3 is 2.61 bits per heavy atom. The van der Waals surface area contributed by atoms with Gasteiger partial charge < -0.3 is 30.0 Å². The van der Waals surface area contributed by atoms with E-state index in [4.69, 9.17) is 9.47 Å². The number of ether oxygens (including phenoxy) is 2. The lowest BCUT2D eigenvalue weighted by Crippen LogP contribution is -2.42. The molecule has 3 N–H and O–H groups in total. The van der Waals surface area contributed by atoms with Crippen molar-refractivity contribution in [2.24, 2.45) is 0 Å². The predicted molar refractivity (Wildman–Crippen MR) is 170 cm³/mol. The average molecular weight is 609 g/mol. The molecule has 4 heterocycles. The van der Waals surface area contributed by atoms with Crippen molar-refractivity contribution in [3.63, 3.8) is 0 Å². The fourth-order valence-corrected chi connectivity index (χ4v) is 5.69. The fraction of sp³-hybridized carbons (Fsp3) is 0.545. The molecule has 2 unspecified atom stereocenters. The smallest absolute Gasteiger partial charge is 0.236 e. The number of hydrogen-bond donors (Lipinski definition) is 3. The van der Waals surface area contributed by atoms with Gasteiger partial charge in [-0.15, -0.1) is 0 Å². The first kappa shape index (κ1) is 33.5. The van der Waals surface area contributed by atoms with Gasteiger partial charge in [0.25, 0.3) is 0 Å². The number of amides is 1. The van der Waals surface area contributed by atoms with E-state index in [1.807, 2.05) is 13.1 Å². The summed E-state index contributed by atoms with van der Waals surface area (Å²) in [6.07, 6.45) is 8.38. The Kier molecular flexibility index (Phi) is 12.7. The fourth-order valence-electron chi connectivity index (χ4n) is 5.69. The third kappa shape index (κ3) is 9.09. The lowest BCUT2D eigenvalue weighted by atomic mass is 10.0. The van der Waals surface area contributed by atoms with E-state index < -0.39 is 6.04 Å². The molecule has 11 heteroatoms. The number of anilines is 1. The van der Waals surface area contributed by atoms with Gasteiger partial charge in [-0.1, -0.05) is 6.07 Å². The summed E-state index contributed by atoms with van der Waals surface area (Å²) in [5, 5.41) is 19.8.